The molecule has 0 saturated carbocycles. The lowest BCUT2D eigenvalue weighted by atomic mass is 10.1. The molecule has 4 aromatic rings. The molecule has 0 bridgehead atoms. The van der Waals surface area contributed by atoms with Gasteiger partial charge in [-0.2, -0.15) is 5.26 Å². The molecule has 0 radical (unpaired) electrons. The van der Waals surface area contributed by atoms with Crippen molar-refractivity contribution in [1.29, 1.82) is 5.26 Å². The number of pyridine rings is 2. The first-order valence-corrected chi connectivity index (χ1v) is 10.1. The average molecular weight is 439 g/mol. The van der Waals surface area contributed by atoms with Crippen LogP contribution in [-0.4, -0.2) is 35.1 Å². The zero-order valence-corrected chi connectivity index (χ0v) is 18.1. The number of hydrogen-bond acceptors (Lipinski definition) is 6. The molecule has 0 aliphatic carbocycles. The number of hydrogen-bond donors (Lipinski definition) is 2. The molecule has 4 rings (SSSR count). The van der Waals surface area contributed by atoms with Crippen molar-refractivity contribution in [2.75, 3.05) is 14.2 Å². The summed E-state index contributed by atoms with van der Waals surface area (Å²) in [6, 6.07) is 13.1. The van der Waals surface area contributed by atoms with Gasteiger partial charge in [0.05, 0.1) is 14.2 Å². The molecule has 164 valence electrons. The summed E-state index contributed by atoms with van der Waals surface area (Å²) in [4.78, 5) is 24.3. The Kier molecular flexibility index (Phi) is 6.32. The number of rotatable bonds is 7. The van der Waals surface area contributed by atoms with Gasteiger partial charge in [0, 0.05) is 47.8 Å². The lowest BCUT2D eigenvalue weighted by molar-refractivity contribution is -0.117. The third kappa shape index (κ3) is 4.67. The molecular weight excluding hydrogens is 418 g/mol. The summed E-state index contributed by atoms with van der Waals surface area (Å²) in [5, 5.41) is 13.2. The predicted octanol–water partition coefficient (Wildman–Crippen LogP) is 3.87. The van der Waals surface area contributed by atoms with Gasteiger partial charge in [-0.3, -0.25) is 9.78 Å². The minimum absolute atomic E-state index is 0.00862. The van der Waals surface area contributed by atoms with Crippen molar-refractivity contribution in [2.24, 2.45) is 0 Å². The lowest BCUT2D eigenvalue weighted by Gasteiger charge is -2.10. The molecule has 1 amide bonds. The quantitative estimate of drug-likeness (QED) is 0.334. The molecule has 8 nitrogen and oxygen atoms in total. The Hall–Kier alpha value is -4.64. The molecule has 0 aliphatic heterocycles. The largest absolute Gasteiger partial charge is 0.493 e. The summed E-state index contributed by atoms with van der Waals surface area (Å²) < 4.78 is 10.5. The van der Waals surface area contributed by atoms with E-state index in [1.54, 1.807) is 57.2 Å². The Balaban J connectivity index is 1.56. The molecule has 2 N–H and O–H groups in total. The Morgan fingerprint density at radius 1 is 1.12 bits per heavy atom. The topological polar surface area (TPSA) is 113 Å². The summed E-state index contributed by atoms with van der Waals surface area (Å²) in [6.45, 7) is 0.236. The van der Waals surface area contributed by atoms with Gasteiger partial charge in [-0.25, -0.2) is 4.98 Å². The van der Waals surface area contributed by atoms with Crippen LogP contribution in [-0.2, 0) is 11.3 Å². The molecule has 0 unspecified atom stereocenters. The van der Waals surface area contributed by atoms with Crippen molar-refractivity contribution < 1.29 is 14.3 Å². The van der Waals surface area contributed by atoms with Crippen LogP contribution in [0.3, 0.4) is 0 Å². The highest BCUT2D eigenvalue weighted by molar-refractivity contribution is 6.03. The third-order valence-corrected chi connectivity index (χ3v) is 5.14. The number of methoxy groups -OCH3 is 2. The van der Waals surface area contributed by atoms with Gasteiger partial charge in [0.1, 0.15) is 17.3 Å². The number of fused-ring (bicyclic) bond motifs is 1. The van der Waals surface area contributed by atoms with E-state index in [4.69, 9.17) is 9.47 Å². The van der Waals surface area contributed by atoms with Crippen molar-refractivity contribution in [3.8, 4) is 28.7 Å². The van der Waals surface area contributed by atoms with E-state index in [2.05, 4.69) is 20.3 Å². The number of carbonyl (C=O) groups is 1. The second kappa shape index (κ2) is 9.66. The first-order valence-electron chi connectivity index (χ1n) is 10.1. The number of nitriles is 1. The number of ether oxygens (including phenoxy) is 2. The summed E-state index contributed by atoms with van der Waals surface area (Å²) >= 11 is 0. The van der Waals surface area contributed by atoms with Gasteiger partial charge >= 0.3 is 0 Å². The summed E-state index contributed by atoms with van der Waals surface area (Å²) in [7, 11) is 3.11. The number of H-pyrrole nitrogens is 1. The molecule has 0 saturated heterocycles. The summed E-state index contributed by atoms with van der Waals surface area (Å²) in [5.74, 6) is 0.695. The molecule has 0 atom stereocenters. The molecule has 3 heterocycles. The van der Waals surface area contributed by atoms with Crippen LogP contribution in [0.2, 0.25) is 0 Å². The summed E-state index contributed by atoms with van der Waals surface area (Å²) in [5.41, 5.74) is 4.06. The van der Waals surface area contributed by atoms with Gasteiger partial charge in [0.25, 0.3) is 5.91 Å². The zero-order chi connectivity index (χ0) is 23.2. The normalized spacial score (nSPS) is 11.1. The Morgan fingerprint density at radius 3 is 2.64 bits per heavy atom. The standard InChI is InChI=1S/C25H21N5O3/c1-32-22-4-3-16(9-23(22)33-2)13-30-25(31)18(12-26)10-20-15-29-24-21(20)11-19(14-28-24)17-5-7-27-8-6-17/h3-11,14-15H,13H2,1-2H3,(H,28,29)(H,30,31)/b18-10+. The Morgan fingerprint density at radius 2 is 1.91 bits per heavy atom. The first kappa shape index (κ1) is 21.6. The van der Waals surface area contributed by atoms with E-state index in [0.29, 0.717) is 22.7 Å². The van der Waals surface area contributed by atoms with E-state index in [0.717, 1.165) is 22.1 Å². The number of carbonyl (C=O) groups excluding carboxylic acids is 1. The molecule has 0 fully saturated rings. The molecule has 1 aromatic carbocycles. The fourth-order valence-electron chi connectivity index (χ4n) is 3.42. The monoisotopic (exact) mass is 439 g/mol. The maximum Gasteiger partial charge on any atom is 0.262 e. The third-order valence-electron chi connectivity index (χ3n) is 5.14. The molecule has 8 heteroatoms. The van der Waals surface area contributed by atoms with Crippen LogP contribution in [0.15, 0.2) is 66.8 Å². The van der Waals surface area contributed by atoms with E-state index in [-0.39, 0.29) is 12.1 Å². The number of aromatic nitrogens is 3. The highest BCUT2D eigenvalue weighted by Crippen LogP contribution is 2.28. The van der Waals surface area contributed by atoms with Crippen LogP contribution in [0.25, 0.3) is 28.2 Å². The van der Waals surface area contributed by atoms with Crippen LogP contribution >= 0.6 is 0 Å². The van der Waals surface area contributed by atoms with Gasteiger partial charge in [0.15, 0.2) is 11.5 Å². The number of benzene rings is 1. The van der Waals surface area contributed by atoms with Crippen molar-refractivity contribution in [3.05, 3.63) is 77.9 Å². The van der Waals surface area contributed by atoms with Crippen LogP contribution in [0.5, 0.6) is 11.5 Å². The van der Waals surface area contributed by atoms with Crippen molar-refractivity contribution in [3.63, 3.8) is 0 Å². The minimum atomic E-state index is -0.472. The maximum atomic E-state index is 12.7. The van der Waals surface area contributed by atoms with Gasteiger partial charge in [-0.15, -0.1) is 0 Å². The molecule has 0 aliphatic rings. The number of nitrogens with zero attached hydrogens (tertiary/aromatic N) is 3. The van der Waals surface area contributed by atoms with Crippen LogP contribution in [0.4, 0.5) is 0 Å². The lowest BCUT2D eigenvalue weighted by Crippen LogP contribution is -2.24. The SMILES string of the molecule is COc1ccc(CNC(=O)/C(C#N)=C/c2c[nH]c3ncc(-c4ccncc4)cc23)cc1OC. The van der Waals surface area contributed by atoms with Crippen LogP contribution < -0.4 is 14.8 Å². The minimum Gasteiger partial charge on any atom is -0.493 e. The number of aromatic amines is 1. The number of nitrogens with one attached hydrogen (secondary N) is 2. The maximum absolute atomic E-state index is 12.7. The molecule has 3 aromatic heterocycles. The van der Waals surface area contributed by atoms with Gasteiger partial charge in [0.2, 0.25) is 0 Å². The van der Waals surface area contributed by atoms with Gasteiger partial charge < -0.3 is 19.8 Å². The van der Waals surface area contributed by atoms with E-state index in [1.807, 2.05) is 30.3 Å². The van der Waals surface area contributed by atoms with Crippen LogP contribution in [0.1, 0.15) is 11.1 Å². The van der Waals surface area contributed by atoms with E-state index < -0.39 is 5.91 Å². The van der Waals surface area contributed by atoms with Crippen molar-refractivity contribution in [2.45, 2.75) is 6.54 Å². The van der Waals surface area contributed by atoms with Crippen LogP contribution in [0, 0.1) is 11.3 Å². The van der Waals surface area contributed by atoms with Crippen molar-refractivity contribution in [1.82, 2.24) is 20.3 Å². The first-order chi connectivity index (χ1) is 16.1. The fraction of sp³-hybridized carbons (Fsp3) is 0.120. The molecular formula is C25H21N5O3. The Bertz CT molecular complexity index is 1370. The van der Waals surface area contributed by atoms with Gasteiger partial charge in [-0.1, -0.05) is 6.07 Å². The van der Waals surface area contributed by atoms with E-state index in [9.17, 15) is 10.1 Å². The van der Waals surface area contributed by atoms with E-state index >= 15 is 0 Å². The van der Waals surface area contributed by atoms with E-state index in [1.165, 1.54) is 0 Å². The second-order valence-corrected chi connectivity index (χ2v) is 7.14. The zero-order valence-electron chi connectivity index (χ0n) is 18.1. The average Bonchev–Trinajstić information content (AvgIpc) is 3.27. The predicted molar refractivity (Wildman–Crippen MR) is 124 cm³/mol. The van der Waals surface area contributed by atoms with Gasteiger partial charge in [-0.05, 0) is 47.5 Å². The van der Waals surface area contributed by atoms with Crippen molar-refractivity contribution >= 4 is 23.0 Å². The highest BCUT2D eigenvalue weighted by Gasteiger charge is 2.13. The smallest absolute Gasteiger partial charge is 0.262 e. The second-order valence-electron chi connectivity index (χ2n) is 7.14. The summed E-state index contributed by atoms with van der Waals surface area (Å²) in [6.07, 6.45) is 8.48. The fourth-order valence-corrected chi connectivity index (χ4v) is 3.42. The number of amides is 1. The highest BCUT2D eigenvalue weighted by atomic mass is 16.5. The Labute approximate surface area is 190 Å². The molecule has 33 heavy (non-hydrogen) atoms. The molecule has 0 spiro atoms.